The third-order valence-corrected chi connectivity index (χ3v) is 4.60. The molecular weight excluding hydrogens is 402 g/mol. The summed E-state index contributed by atoms with van der Waals surface area (Å²) in [5.74, 6) is -5.63. The number of nitrogens with one attached hydrogen (secondary N) is 2. The Morgan fingerprint density at radius 1 is 1.13 bits per heavy atom. The van der Waals surface area contributed by atoms with E-state index >= 15 is 0 Å². The van der Waals surface area contributed by atoms with Gasteiger partial charge in [0, 0.05) is 13.0 Å². The lowest BCUT2D eigenvalue weighted by Gasteiger charge is -2.28. The predicted molar refractivity (Wildman–Crippen MR) is 101 cm³/mol. The van der Waals surface area contributed by atoms with Crippen molar-refractivity contribution in [3.63, 3.8) is 0 Å². The number of carboxylic acids is 2. The van der Waals surface area contributed by atoms with Gasteiger partial charge in [-0.3, -0.25) is 28.8 Å². The van der Waals surface area contributed by atoms with Crippen LogP contribution in [0, 0.1) is 0 Å². The molecule has 0 aromatic carbocycles. The molecule has 30 heavy (non-hydrogen) atoms. The van der Waals surface area contributed by atoms with E-state index in [2.05, 4.69) is 10.6 Å². The Labute approximate surface area is 172 Å². The first-order valence-electron chi connectivity index (χ1n) is 9.33. The Morgan fingerprint density at radius 3 is 2.30 bits per heavy atom. The SMILES string of the molecule is CC(NC(=O)C(CC(=O)O)NC(=O)C1CCCN1C(=O)C(N)CCC(N)=O)C(=O)O. The van der Waals surface area contributed by atoms with E-state index in [1.54, 1.807) is 0 Å². The number of primary amides is 1. The quantitative estimate of drug-likeness (QED) is 0.198. The highest BCUT2D eigenvalue weighted by Gasteiger charge is 2.38. The topological polar surface area (TPSA) is 222 Å². The van der Waals surface area contributed by atoms with E-state index in [0.717, 1.165) is 0 Å². The molecular formula is C17H27N5O8. The van der Waals surface area contributed by atoms with Crippen LogP contribution in [-0.4, -0.2) is 81.4 Å². The molecule has 1 saturated heterocycles. The Morgan fingerprint density at radius 2 is 1.77 bits per heavy atom. The highest BCUT2D eigenvalue weighted by atomic mass is 16.4. The second-order valence-electron chi connectivity index (χ2n) is 7.03. The van der Waals surface area contributed by atoms with Crippen LogP contribution in [0.1, 0.15) is 39.0 Å². The molecule has 8 N–H and O–H groups in total. The van der Waals surface area contributed by atoms with Crippen LogP contribution < -0.4 is 22.1 Å². The van der Waals surface area contributed by atoms with E-state index in [-0.39, 0.29) is 25.8 Å². The van der Waals surface area contributed by atoms with Gasteiger partial charge in [0.15, 0.2) is 0 Å². The molecule has 13 heteroatoms. The number of likely N-dealkylation sites (tertiary alicyclic amines) is 1. The third-order valence-electron chi connectivity index (χ3n) is 4.60. The van der Waals surface area contributed by atoms with Gasteiger partial charge in [-0.1, -0.05) is 0 Å². The molecule has 0 aliphatic carbocycles. The standard InChI is InChI=1S/C17H27N5O8/c1-8(17(29)30)20-14(26)10(7-13(24)25)21-15(27)11-3-2-6-22(11)16(28)9(18)4-5-12(19)23/h8-11H,2-7,18H2,1H3,(H2,19,23)(H,20,26)(H,21,27)(H,24,25)(H,29,30). The van der Waals surface area contributed by atoms with Gasteiger partial charge in [-0.05, 0) is 26.2 Å². The van der Waals surface area contributed by atoms with Crippen molar-refractivity contribution >= 4 is 35.6 Å². The van der Waals surface area contributed by atoms with Crippen LogP contribution in [0.3, 0.4) is 0 Å². The Balaban J connectivity index is 2.84. The summed E-state index contributed by atoms with van der Waals surface area (Å²) in [4.78, 5) is 71.4. The van der Waals surface area contributed by atoms with Crippen LogP contribution >= 0.6 is 0 Å². The molecule has 4 amide bonds. The predicted octanol–water partition coefficient (Wildman–Crippen LogP) is -2.88. The van der Waals surface area contributed by atoms with Gasteiger partial charge in [0.1, 0.15) is 18.1 Å². The zero-order valence-corrected chi connectivity index (χ0v) is 16.5. The molecule has 1 fully saturated rings. The van der Waals surface area contributed by atoms with Gasteiger partial charge in [-0.25, -0.2) is 0 Å². The largest absolute Gasteiger partial charge is 0.481 e. The number of amides is 4. The number of carbonyl (C=O) groups is 6. The molecule has 0 radical (unpaired) electrons. The maximum absolute atomic E-state index is 12.7. The van der Waals surface area contributed by atoms with E-state index in [0.29, 0.717) is 6.42 Å². The van der Waals surface area contributed by atoms with Crippen molar-refractivity contribution in [2.45, 2.75) is 63.2 Å². The Bertz CT molecular complexity index is 712. The first-order valence-corrected chi connectivity index (χ1v) is 9.33. The van der Waals surface area contributed by atoms with E-state index in [1.165, 1.54) is 11.8 Å². The number of rotatable bonds is 11. The molecule has 0 aromatic rings. The maximum Gasteiger partial charge on any atom is 0.325 e. The van der Waals surface area contributed by atoms with Crippen molar-refractivity contribution < 1.29 is 39.0 Å². The Hall–Kier alpha value is -3.22. The average molecular weight is 429 g/mol. The first kappa shape index (κ1) is 24.8. The second-order valence-corrected chi connectivity index (χ2v) is 7.03. The monoisotopic (exact) mass is 429 g/mol. The van der Waals surface area contributed by atoms with Crippen molar-refractivity contribution in [3.05, 3.63) is 0 Å². The van der Waals surface area contributed by atoms with Crippen LogP contribution in [0.2, 0.25) is 0 Å². The highest BCUT2D eigenvalue weighted by Crippen LogP contribution is 2.19. The fraction of sp³-hybridized carbons (Fsp3) is 0.647. The summed E-state index contributed by atoms with van der Waals surface area (Å²) < 4.78 is 0. The number of nitrogens with two attached hydrogens (primary N) is 2. The lowest BCUT2D eigenvalue weighted by Crippen LogP contribution is -2.56. The summed E-state index contributed by atoms with van der Waals surface area (Å²) in [6, 6.07) is -4.84. The zero-order valence-electron chi connectivity index (χ0n) is 16.5. The van der Waals surface area contributed by atoms with Crippen LogP contribution in [0.5, 0.6) is 0 Å². The van der Waals surface area contributed by atoms with Gasteiger partial charge < -0.3 is 37.2 Å². The van der Waals surface area contributed by atoms with Crippen LogP contribution in [0.15, 0.2) is 0 Å². The number of nitrogens with zero attached hydrogens (tertiary/aromatic N) is 1. The minimum Gasteiger partial charge on any atom is -0.481 e. The fourth-order valence-electron chi connectivity index (χ4n) is 2.96. The molecule has 0 spiro atoms. The summed E-state index contributed by atoms with van der Waals surface area (Å²) in [5, 5.41) is 22.3. The van der Waals surface area contributed by atoms with Gasteiger partial charge in [-0.2, -0.15) is 0 Å². The zero-order chi connectivity index (χ0) is 23.0. The molecule has 13 nitrogen and oxygen atoms in total. The number of aliphatic carboxylic acids is 2. The second kappa shape index (κ2) is 11.1. The van der Waals surface area contributed by atoms with Crippen molar-refractivity contribution in [1.29, 1.82) is 0 Å². The number of carbonyl (C=O) groups excluding carboxylic acids is 4. The van der Waals surface area contributed by atoms with Crippen LogP contribution in [-0.2, 0) is 28.8 Å². The van der Waals surface area contributed by atoms with Gasteiger partial charge in [0.25, 0.3) is 0 Å². The number of carboxylic acid groups (broad SMARTS) is 2. The highest BCUT2D eigenvalue weighted by molar-refractivity contribution is 5.95. The van der Waals surface area contributed by atoms with Crippen molar-refractivity contribution in [3.8, 4) is 0 Å². The lowest BCUT2D eigenvalue weighted by molar-refractivity contribution is -0.144. The average Bonchev–Trinajstić information content (AvgIpc) is 3.14. The molecule has 0 saturated carbocycles. The first-order chi connectivity index (χ1) is 13.9. The van der Waals surface area contributed by atoms with Gasteiger partial charge in [0.05, 0.1) is 12.5 Å². The Kier molecular flexibility index (Phi) is 9.17. The molecule has 1 heterocycles. The summed E-state index contributed by atoms with van der Waals surface area (Å²) >= 11 is 0. The summed E-state index contributed by atoms with van der Waals surface area (Å²) in [7, 11) is 0. The van der Waals surface area contributed by atoms with Crippen LogP contribution in [0.25, 0.3) is 0 Å². The summed E-state index contributed by atoms with van der Waals surface area (Å²) in [5.41, 5.74) is 10.8. The van der Waals surface area contributed by atoms with Crippen molar-refractivity contribution in [2.75, 3.05) is 6.54 Å². The van der Waals surface area contributed by atoms with Crippen LogP contribution in [0.4, 0.5) is 0 Å². The molecule has 1 aliphatic rings. The van der Waals surface area contributed by atoms with Crippen molar-refractivity contribution in [2.24, 2.45) is 11.5 Å². The molecule has 4 atom stereocenters. The minimum absolute atomic E-state index is 0.0100. The molecule has 1 rings (SSSR count). The van der Waals surface area contributed by atoms with E-state index in [4.69, 9.17) is 21.7 Å². The van der Waals surface area contributed by atoms with E-state index in [9.17, 15) is 28.8 Å². The molecule has 0 aromatic heterocycles. The molecule has 4 unspecified atom stereocenters. The maximum atomic E-state index is 12.7. The molecule has 168 valence electrons. The van der Waals surface area contributed by atoms with Gasteiger partial charge in [-0.15, -0.1) is 0 Å². The van der Waals surface area contributed by atoms with Gasteiger partial charge >= 0.3 is 11.9 Å². The van der Waals surface area contributed by atoms with E-state index in [1.807, 2.05) is 0 Å². The summed E-state index contributed by atoms with van der Waals surface area (Å²) in [6.07, 6.45) is -0.107. The lowest BCUT2D eigenvalue weighted by atomic mass is 10.1. The van der Waals surface area contributed by atoms with Gasteiger partial charge in [0.2, 0.25) is 23.6 Å². The third kappa shape index (κ3) is 7.31. The van der Waals surface area contributed by atoms with Crippen molar-refractivity contribution in [1.82, 2.24) is 15.5 Å². The minimum atomic E-state index is -1.53. The smallest absolute Gasteiger partial charge is 0.325 e. The van der Waals surface area contributed by atoms with E-state index < -0.39 is 66.2 Å². The number of hydrogen-bond donors (Lipinski definition) is 6. The number of hydrogen-bond acceptors (Lipinski definition) is 7. The fourth-order valence-corrected chi connectivity index (χ4v) is 2.96. The normalized spacial score (nSPS) is 18.7. The summed E-state index contributed by atoms with van der Waals surface area (Å²) in [6.45, 7) is 1.41. The molecule has 1 aliphatic heterocycles. The molecule has 0 bridgehead atoms.